The maximum atomic E-state index is 11.5. The Kier molecular flexibility index (Phi) is 4.71. The maximum absolute atomic E-state index is 11.5. The summed E-state index contributed by atoms with van der Waals surface area (Å²) in [7, 11) is -7.94. The number of benzene rings is 1. The van der Waals surface area contributed by atoms with E-state index >= 15 is 0 Å². The van der Waals surface area contributed by atoms with Gasteiger partial charge in [0.1, 0.15) is 5.75 Å². The zero-order valence-corrected chi connectivity index (χ0v) is 11.4. The van der Waals surface area contributed by atoms with Gasteiger partial charge in [0.05, 0.1) is 10.6 Å². The molecule has 0 fully saturated rings. The smallest absolute Gasteiger partial charge is 0.309 e. The Balaban J connectivity index is 2.82. The van der Waals surface area contributed by atoms with E-state index in [1.165, 1.54) is 12.1 Å². The molecule has 18 heavy (non-hydrogen) atoms. The first-order valence-corrected chi connectivity index (χ1v) is 8.26. The highest BCUT2D eigenvalue weighted by Crippen LogP contribution is 2.17. The van der Waals surface area contributed by atoms with Crippen LogP contribution in [-0.4, -0.2) is 27.1 Å². The fraction of sp³-hybridized carbons (Fsp3) is 0.400. The summed E-state index contributed by atoms with van der Waals surface area (Å²) in [5.41, 5.74) is 0. The molecule has 0 unspecified atom stereocenters. The molecule has 6 nitrogen and oxygen atoms in total. The Bertz CT molecular complexity index is 586. The van der Waals surface area contributed by atoms with E-state index in [0.717, 1.165) is 18.6 Å². The molecule has 0 atom stereocenters. The molecule has 0 amide bonds. The van der Waals surface area contributed by atoms with Crippen LogP contribution in [-0.2, 0) is 20.2 Å². The lowest BCUT2D eigenvalue weighted by Crippen LogP contribution is -2.13. The topological polar surface area (TPSA) is 97.7 Å². The molecule has 0 saturated carbocycles. The van der Waals surface area contributed by atoms with Crippen LogP contribution in [0.3, 0.4) is 0 Å². The second-order valence-electron chi connectivity index (χ2n) is 3.65. The summed E-state index contributed by atoms with van der Waals surface area (Å²) in [4.78, 5) is -0.319. The summed E-state index contributed by atoms with van der Waals surface area (Å²) in [6.07, 6.45) is 1.22. The average Bonchev–Trinajstić information content (AvgIpc) is 2.25. The lowest BCUT2D eigenvalue weighted by atomic mass is 10.3. The molecule has 1 aromatic carbocycles. The lowest BCUT2D eigenvalue weighted by molar-refractivity contribution is 0.481. The van der Waals surface area contributed by atoms with Crippen LogP contribution in [0, 0.1) is 0 Å². The highest BCUT2D eigenvalue weighted by Gasteiger charge is 2.13. The van der Waals surface area contributed by atoms with Gasteiger partial charge in [0.25, 0.3) is 10.1 Å². The number of unbranched alkanes of at least 4 members (excludes halogenated alkanes) is 1. The Hall–Kier alpha value is -1.12. The highest BCUT2D eigenvalue weighted by molar-refractivity contribution is 7.87. The Morgan fingerprint density at radius 3 is 2.11 bits per heavy atom. The number of rotatable bonds is 6. The van der Waals surface area contributed by atoms with E-state index in [4.69, 9.17) is 8.74 Å². The van der Waals surface area contributed by atoms with Gasteiger partial charge in [0.2, 0.25) is 0 Å². The maximum Gasteiger partial charge on any atom is 0.309 e. The third-order valence-electron chi connectivity index (χ3n) is 2.09. The van der Waals surface area contributed by atoms with E-state index in [2.05, 4.69) is 0 Å². The molecule has 1 rings (SSSR count). The van der Waals surface area contributed by atoms with E-state index < -0.39 is 20.2 Å². The molecule has 0 spiro atoms. The summed E-state index contributed by atoms with van der Waals surface area (Å²) in [5.74, 6) is -0.0812. The summed E-state index contributed by atoms with van der Waals surface area (Å²) >= 11 is 0. The minimum Gasteiger partial charge on any atom is -0.382 e. The standard InChI is InChI=1S/C10H14O6S2/c1-2-3-8-17(11,12)16-9-4-6-10(7-5-9)18(13,14)15/h4-7H,2-3,8H2,1H3,(H,13,14,15). The molecule has 102 valence electrons. The third-order valence-corrected chi connectivity index (χ3v) is 4.20. The largest absolute Gasteiger partial charge is 0.382 e. The molecular weight excluding hydrogens is 280 g/mol. The van der Waals surface area contributed by atoms with Crippen LogP contribution in [0.5, 0.6) is 5.75 Å². The van der Waals surface area contributed by atoms with Crippen molar-refractivity contribution in [1.82, 2.24) is 0 Å². The van der Waals surface area contributed by atoms with Gasteiger partial charge in [-0.2, -0.15) is 16.8 Å². The first kappa shape index (κ1) is 14.9. The number of hydrogen-bond acceptors (Lipinski definition) is 5. The van der Waals surface area contributed by atoms with E-state index in [0.29, 0.717) is 6.42 Å². The van der Waals surface area contributed by atoms with E-state index in [9.17, 15) is 16.8 Å². The molecule has 0 aliphatic heterocycles. The van der Waals surface area contributed by atoms with Crippen molar-refractivity contribution >= 4 is 20.2 Å². The molecule has 0 bridgehead atoms. The van der Waals surface area contributed by atoms with Gasteiger partial charge < -0.3 is 4.18 Å². The van der Waals surface area contributed by atoms with Crippen LogP contribution in [0.2, 0.25) is 0 Å². The van der Waals surface area contributed by atoms with Crippen molar-refractivity contribution in [2.24, 2.45) is 0 Å². The molecule has 0 heterocycles. The second kappa shape index (κ2) is 5.68. The quantitative estimate of drug-likeness (QED) is 0.629. The second-order valence-corrected chi connectivity index (χ2v) is 6.76. The first-order valence-electron chi connectivity index (χ1n) is 5.24. The molecule has 8 heteroatoms. The molecule has 0 aromatic heterocycles. The molecule has 0 saturated heterocycles. The summed E-state index contributed by atoms with van der Waals surface area (Å²) in [6.45, 7) is 1.86. The predicted molar refractivity (Wildman–Crippen MR) is 65.6 cm³/mol. The molecule has 1 aromatic rings. The van der Waals surface area contributed by atoms with Crippen LogP contribution in [0.25, 0.3) is 0 Å². The molecule has 0 aliphatic rings. The minimum atomic E-state index is -4.28. The first-order chi connectivity index (χ1) is 8.24. The van der Waals surface area contributed by atoms with Crippen LogP contribution in [0.1, 0.15) is 19.8 Å². The van der Waals surface area contributed by atoms with Crippen molar-refractivity contribution in [3.8, 4) is 5.75 Å². The Morgan fingerprint density at radius 2 is 1.67 bits per heavy atom. The monoisotopic (exact) mass is 294 g/mol. The number of hydrogen-bond donors (Lipinski definition) is 1. The van der Waals surface area contributed by atoms with E-state index in [1.54, 1.807) is 0 Å². The van der Waals surface area contributed by atoms with Crippen molar-refractivity contribution in [2.75, 3.05) is 5.75 Å². The lowest BCUT2D eigenvalue weighted by Gasteiger charge is -2.06. The van der Waals surface area contributed by atoms with Gasteiger partial charge in [-0.3, -0.25) is 4.55 Å². The van der Waals surface area contributed by atoms with Crippen molar-refractivity contribution < 1.29 is 25.6 Å². The van der Waals surface area contributed by atoms with Crippen molar-refractivity contribution in [3.63, 3.8) is 0 Å². The predicted octanol–water partition coefficient (Wildman–Crippen LogP) is 1.44. The van der Waals surface area contributed by atoms with Gasteiger partial charge in [0.15, 0.2) is 0 Å². The summed E-state index contributed by atoms with van der Waals surface area (Å²) < 4.78 is 57.9. The fourth-order valence-corrected chi connectivity index (χ4v) is 2.79. The fourth-order valence-electron chi connectivity index (χ4n) is 1.18. The normalized spacial score (nSPS) is 12.3. The van der Waals surface area contributed by atoms with Gasteiger partial charge in [-0.15, -0.1) is 0 Å². The van der Waals surface area contributed by atoms with Gasteiger partial charge in [-0.05, 0) is 30.7 Å². The van der Waals surface area contributed by atoms with Crippen LogP contribution in [0.15, 0.2) is 29.2 Å². The Morgan fingerprint density at radius 1 is 1.11 bits per heavy atom. The van der Waals surface area contributed by atoms with E-state index in [1.807, 2.05) is 6.92 Å². The van der Waals surface area contributed by atoms with Gasteiger partial charge in [-0.1, -0.05) is 13.3 Å². The zero-order chi connectivity index (χ0) is 13.8. The van der Waals surface area contributed by atoms with Crippen molar-refractivity contribution in [1.29, 1.82) is 0 Å². The van der Waals surface area contributed by atoms with E-state index in [-0.39, 0.29) is 16.4 Å². The average molecular weight is 294 g/mol. The van der Waals surface area contributed by atoms with Gasteiger partial charge in [0, 0.05) is 0 Å². The van der Waals surface area contributed by atoms with Crippen LogP contribution >= 0.6 is 0 Å². The summed E-state index contributed by atoms with van der Waals surface area (Å²) in [6, 6.07) is 4.49. The van der Waals surface area contributed by atoms with Gasteiger partial charge >= 0.3 is 10.1 Å². The molecule has 0 aliphatic carbocycles. The van der Waals surface area contributed by atoms with Crippen molar-refractivity contribution in [3.05, 3.63) is 24.3 Å². The van der Waals surface area contributed by atoms with Gasteiger partial charge in [-0.25, -0.2) is 0 Å². The van der Waals surface area contributed by atoms with Crippen molar-refractivity contribution in [2.45, 2.75) is 24.7 Å². The minimum absolute atomic E-state index is 0.0125. The Labute approximate surface area is 106 Å². The summed E-state index contributed by atoms with van der Waals surface area (Å²) in [5, 5.41) is 0. The zero-order valence-electron chi connectivity index (χ0n) is 9.74. The SMILES string of the molecule is CCCCS(=O)(=O)Oc1ccc(S(=O)(=O)O)cc1. The third kappa shape index (κ3) is 4.63. The molecule has 0 radical (unpaired) electrons. The highest BCUT2D eigenvalue weighted by atomic mass is 32.2. The molecular formula is C10H14O6S2. The molecule has 1 N–H and O–H groups in total. The van der Waals surface area contributed by atoms with Crippen LogP contribution < -0.4 is 4.18 Å². The van der Waals surface area contributed by atoms with Crippen LogP contribution in [0.4, 0.5) is 0 Å².